The topological polar surface area (TPSA) is 80.9 Å². The molecule has 1 aliphatic rings. The van der Waals surface area contributed by atoms with Gasteiger partial charge in [0.05, 0.1) is 5.69 Å². The molecule has 1 fully saturated rings. The summed E-state index contributed by atoms with van der Waals surface area (Å²) in [6.45, 7) is 4.54. The molecule has 6 heteroatoms. The quantitative estimate of drug-likeness (QED) is 0.864. The second kappa shape index (κ2) is 6.43. The van der Waals surface area contributed by atoms with Crippen molar-refractivity contribution in [2.75, 3.05) is 6.54 Å². The Hall–Kier alpha value is -1.01. The van der Waals surface area contributed by atoms with E-state index in [2.05, 4.69) is 14.9 Å². The highest BCUT2D eigenvalue weighted by Crippen LogP contribution is 2.28. The highest BCUT2D eigenvalue weighted by Gasteiger charge is 2.27. The Morgan fingerprint density at radius 2 is 2.16 bits per heavy atom. The molecule has 1 amide bonds. The fourth-order valence-corrected chi connectivity index (χ4v) is 3.42. The van der Waals surface area contributed by atoms with E-state index in [0.29, 0.717) is 17.3 Å². The Labute approximate surface area is 118 Å². The van der Waals surface area contributed by atoms with E-state index >= 15 is 0 Å². The minimum Gasteiger partial charge on any atom is -0.347 e. The lowest BCUT2D eigenvalue weighted by atomic mass is 9.98. The van der Waals surface area contributed by atoms with Crippen LogP contribution in [0.3, 0.4) is 0 Å². The Bertz CT molecular complexity index is 426. The summed E-state index contributed by atoms with van der Waals surface area (Å²) in [5.74, 6) is 0.667. The summed E-state index contributed by atoms with van der Waals surface area (Å²) in [5.41, 5.74) is 6.59. The van der Waals surface area contributed by atoms with Gasteiger partial charge in [-0.2, -0.15) is 0 Å². The molecular weight excluding hydrogens is 260 g/mol. The first kappa shape index (κ1) is 14.4. The molecule has 106 valence electrons. The van der Waals surface area contributed by atoms with Gasteiger partial charge in [0.25, 0.3) is 5.91 Å². The van der Waals surface area contributed by atoms with Crippen molar-refractivity contribution in [3.63, 3.8) is 0 Å². The predicted molar refractivity (Wildman–Crippen MR) is 76.3 cm³/mol. The van der Waals surface area contributed by atoms with E-state index in [9.17, 15) is 4.79 Å². The second-order valence-electron chi connectivity index (χ2n) is 5.50. The summed E-state index contributed by atoms with van der Waals surface area (Å²) in [7, 11) is 0. The van der Waals surface area contributed by atoms with Gasteiger partial charge >= 0.3 is 0 Å². The standard InChI is InChI=1S/C13H22N4OS/c1-8(2)11-12(19-17-16-11)13(18)15-10(7-14)9-5-3-4-6-9/h8-10H,3-7,14H2,1-2H3,(H,15,18). The van der Waals surface area contributed by atoms with E-state index in [1.165, 1.54) is 37.2 Å². The van der Waals surface area contributed by atoms with Crippen molar-refractivity contribution >= 4 is 17.4 Å². The summed E-state index contributed by atoms with van der Waals surface area (Å²) < 4.78 is 3.89. The van der Waals surface area contributed by atoms with Gasteiger partial charge in [0.15, 0.2) is 0 Å². The zero-order chi connectivity index (χ0) is 13.8. The molecule has 0 saturated heterocycles. The molecule has 1 heterocycles. The summed E-state index contributed by atoms with van der Waals surface area (Å²) in [6.07, 6.45) is 4.83. The van der Waals surface area contributed by atoms with Crippen molar-refractivity contribution in [1.29, 1.82) is 0 Å². The maximum absolute atomic E-state index is 12.3. The van der Waals surface area contributed by atoms with Crippen LogP contribution in [0.5, 0.6) is 0 Å². The van der Waals surface area contributed by atoms with Crippen LogP contribution in [-0.4, -0.2) is 28.1 Å². The van der Waals surface area contributed by atoms with Crippen LogP contribution >= 0.6 is 11.5 Å². The number of rotatable bonds is 5. The molecule has 0 radical (unpaired) electrons. The Balaban J connectivity index is 2.04. The third-order valence-electron chi connectivity index (χ3n) is 3.81. The summed E-state index contributed by atoms with van der Waals surface area (Å²) in [6, 6.07) is 0.0807. The number of nitrogens with zero attached hydrogens (tertiary/aromatic N) is 2. The van der Waals surface area contributed by atoms with Gasteiger partial charge in [-0.05, 0) is 36.2 Å². The van der Waals surface area contributed by atoms with Crippen molar-refractivity contribution in [3.8, 4) is 0 Å². The van der Waals surface area contributed by atoms with E-state index in [1.54, 1.807) is 0 Å². The van der Waals surface area contributed by atoms with Crippen LogP contribution in [0.25, 0.3) is 0 Å². The van der Waals surface area contributed by atoms with E-state index in [1.807, 2.05) is 13.8 Å². The molecule has 19 heavy (non-hydrogen) atoms. The van der Waals surface area contributed by atoms with E-state index in [4.69, 9.17) is 5.73 Å². The summed E-state index contributed by atoms with van der Waals surface area (Å²) in [4.78, 5) is 13.0. The van der Waals surface area contributed by atoms with Gasteiger partial charge < -0.3 is 11.1 Å². The first-order valence-electron chi connectivity index (χ1n) is 6.96. The molecule has 1 atom stereocenters. The summed E-state index contributed by atoms with van der Waals surface area (Å²) in [5, 5.41) is 7.12. The molecule has 0 aromatic carbocycles. The second-order valence-corrected chi connectivity index (χ2v) is 6.26. The number of nitrogens with two attached hydrogens (primary N) is 1. The third-order valence-corrected chi connectivity index (χ3v) is 4.55. The SMILES string of the molecule is CC(C)c1nnsc1C(=O)NC(CN)C1CCCC1. The zero-order valence-electron chi connectivity index (χ0n) is 11.6. The van der Waals surface area contributed by atoms with Crippen molar-refractivity contribution < 1.29 is 4.79 Å². The van der Waals surface area contributed by atoms with Gasteiger partial charge in [-0.25, -0.2) is 0 Å². The lowest BCUT2D eigenvalue weighted by Gasteiger charge is -2.22. The summed E-state index contributed by atoms with van der Waals surface area (Å²) >= 11 is 1.17. The molecule has 1 aliphatic carbocycles. The van der Waals surface area contributed by atoms with Gasteiger partial charge in [0.1, 0.15) is 4.88 Å². The largest absolute Gasteiger partial charge is 0.347 e. The van der Waals surface area contributed by atoms with Crippen molar-refractivity contribution in [2.24, 2.45) is 11.7 Å². The smallest absolute Gasteiger partial charge is 0.265 e. The molecule has 1 unspecified atom stereocenters. The molecule has 0 spiro atoms. The van der Waals surface area contributed by atoms with Gasteiger partial charge in [0.2, 0.25) is 0 Å². The van der Waals surface area contributed by atoms with Crippen molar-refractivity contribution in [2.45, 2.75) is 51.5 Å². The maximum atomic E-state index is 12.3. The van der Waals surface area contributed by atoms with Crippen LogP contribution in [0.15, 0.2) is 0 Å². The van der Waals surface area contributed by atoms with E-state index < -0.39 is 0 Å². The van der Waals surface area contributed by atoms with Crippen LogP contribution in [0.1, 0.15) is 60.8 Å². The molecule has 0 bridgehead atoms. The molecular formula is C13H22N4OS. The molecule has 3 N–H and O–H groups in total. The number of carbonyl (C=O) groups is 1. The molecule has 5 nitrogen and oxygen atoms in total. The zero-order valence-corrected chi connectivity index (χ0v) is 12.4. The monoisotopic (exact) mass is 282 g/mol. The van der Waals surface area contributed by atoms with Crippen molar-refractivity contribution in [3.05, 3.63) is 10.6 Å². The lowest BCUT2D eigenvalue weighted by molar-refractivity contribution is 0.0927. The lowest BCUT2D eigenvalue weighted by Crippen LogP contribution is -2.44. The Kier molecular flexibility index (Phi) is 4.87. The van der Waals surface area contributed by atoms with Crippen LogP contribution in [0, 0.1) is 5.92 Å². The van der Waals surface area contributed by atoms with Crippen LogP contribution in [0.4, 0.5) is 0 Å². The first-order valence-corrected chi connectivity index (χ1v) is 7.74. The minimum atomic E-state index is -0.0685. The molecule has 1 aromatic heterocycles. The van der Waals surface area contributed by atoms with Gasteiger partial charge in [-0.3, -0.25) is 4.79 Å². The Morgan fingerprint density at radius 3 is 2.74 bits per heavy atom. The van der Waals surface area contributed by atoms with Crippen LogP contribution < -0.4 is 11.1 Å². The Morgan fingerprint density at radius 1 is 1.47 bits per heavy atom. The van der Waals surface area contributed by atoms with Crippen molar-refractivity contribution in [1.82, 2.24) is 14.9 Å². The number of hydrogen-bond donors (Lipinski definition) is 2. The number of hydrogen-bond acceptors (Lipinski definition) is 5. The van der Waals surface area contributed by atoms with E-state index in [0.717, 1.165) is 5.69 Å². The highest BCUT2D eigenvalue weighted by atomic mass is 32.1. The van der Waals surface area contributed by atoms with Gasteiger partial charge in [0, 0.05) is 12.6 Å². The maximum Gasteiger partial charge on any atom is 0.265 e. The first-order chi connectivity index (χ1) is 9.13. The number of carbonyl (C=O) groups excluding carboxylic acids is 1. The van der Waals surface area contributed by atoms with Crippen LogP contribution in [0.2, 0.25) is 0 Å². The molecule has 1 saturated carbocycles. The molecule has 1 aromatic rings. The normalized spacial score (nSPS) is 17.9. The minimum absolute atomic E-state index is 0.0685. The number of aromatic nitrogens is 2. The molecule has 0 aliphatic heterocycles. The number of amides is 1. The fourth-order valence-electron chi connectivity index (χ4n) is 2.70. The third kappa shape index (κ3) is 3.30. The van der Waals surface area contributed by atoms with E-state index in [-0.39, 0.29) is 17.9 Å². The number of nitrogens with one attached hydrogen (secondary N) is 1. The average Bonchev–Trinajstić information content (AvgIpc) is 3.05. The van der Waals surface area contributed by atoms with Gasteiger partial charge in [-0.1, -0.05) is 31.2 Å². The average molecular weight is 282 g/mol. The van der Waals surface area contributed by atoms with Gasteiger partial charge in [-0.15, -0.1) is 5.10 Å². The fraction of sp³-hybridized carbons (Fsp3) is 0.769. The predicted octanol–water partition coefficient (Wildman–Crippen LogP) is 1.91. The molecule has 2 rings (SSSR count). The van der Waals surface area contributed by atoms with Crippen LogP contribution in [-0.2, 0) is 0 Å². The highest BCUT2D eigenvalue weighted by molar-refractivity contribution is 7.08.